The summed E-state index contributed by atoms with van der Waals surface area (Å²) < 4.78 is 5.92. The average molecular weight is 1620 g/mol. The Kier molecular flexibility index (Phi) is 48.4. The maximum Gasteiger partial charge on any atom is 0.252 e. The third-order valence-electron chi connectivity index (χ3n) is 20.0. The van der Waals surface area contributed by atoms with Crippen LogP contribution in [-0.2, 0) is 30.4 Å². The van der Waals surface area contributed by atoms with E-state index in [4.69, 9.17) is 9.73 Å². The van der Waals surface area contributed by atoms with Crippen LogP contribution in [-0.4, -0.2) is 87.0 Å². The second-order valence-corrected chi connectivity index (χ2v) is 39.1. The first-order chi connectivity index (χ1) is 54.0. The molecule has 0 spiro atoms. The largest absolute Gasteiger partial charge is 0.491 e. The molecule has 5 amide bonds. The Labute approximate surface area is 722 Å². The number of hydrogen-bond donors (Lipinski definition) is 0. The Morgan fingerprint density at radius 3 is 1.08 bits per heavy atom. The number of anilines is 4. The molecule has 0 bridgehead atoms. The Morgan fingerprint density at radius 1 is 0.316 bits per heavy atom. The predicted molar refractivity (Wildman–Crippen MR) is 517 cm³/mol. The minimum Gasteiger partial charge on any atom is -0.491 e. The van der Waals surface area contributed by atoms with Gasteiger partial charge in [0.25, 0.3) is 5.91 Å². The fourth-order valence-electron chi connectivity index (χ4n) is 14.8. The molecule has 5 aliphatic rings. The second-order valence-electron chi connectivity index (χ2n) is 39.1. The van der Waals surface area contributed by atoms with Gasteiger partial charge in [-0.25, -0.2) is 0 Å². The first-order valence-electron chi connectivity index (χ1n) is 45.3. The summed E-state index contributed by atoms with van der Waals surface area (Å²) >= 11 is 0. The van der Waals surface area contributed by atoms with E-state index in [1.54, 1.807) is 0 Å². The standard InChI is InChI=1S/C22H27NO.C18H26N2O.C18H27NO.C17H25NO2.C14H27NO.8C2H6/c1-21(2,3)19-17-13-8-7-11-15(17)16-12-9-10-14-18(16)23(20(19)24)22(4,5)6;1-12-13-10-8-9-11-14(13)20(18(5,6)7)16(21)15(19-12)17(2,3)4;1-17(2,3)14-12-11-13-9-7-8-10-15(13)19(16(14)20)18(4,5)6;1-16(2,3)12-11-20-14-10-8-7-9-13(14)18(15(12)19)17(4,5)6;1-13(2,3)11-9-7-8-10-15(12(11)16)14(4,5)6;8*1-2/h7-14,19H,1-6H3;8-11,15H,1-7H3;7-10,14H,11-12H2,1-6H3;7-10,12H,11H2,1-6H3;11H,7-10H2,1-6H3;8*1-2H3. The quantitative estimate of drug-likeness (QED) is 0.152. The van der Waals surface area contributed by atoms with Crippen molar-refractivity contribution in [1.82, 2.24) is 4.90 Å². The average Bonchev–Trinajstić information content (AvgIpc) is 1.61. The Morgan fingerprint density at radius 2 is 0.658 bits per heavy atom. The molecule has 12 heteroatoms. The minimum absolute atomic E-state index is 0.00261. The fourth-order valence-corrected chi connectivity index (χ4v) is 14.8. The lowest BCUT2D eigenvalue weighted by atomic mass is 9.74. The first-order valence-corrected chi connectivity index (χ1v) is 45.3. The van der Waals surface area contributed by atoms with Crippen LogP contribution in [0.5, 0.6) is 5.75 Å². The number of aliphatic imine (C=N–C) groups is 1. The van der Waals surface area contributed by atoms with Crippen LogP contribution in [0.15, 0.2) is 126 Å². The first kappa shape index (κ1) is 114. The molecule has 117 heavy (non-hydrogen) atoms. The molecule has 0 radical (unpaired) electrons. The van der Waals surface area contributed by atoms with E-state index in [2.05, 4.69) is 267 Å². The third kappa shape index (κ3) is 32.1. The molecule has 5 aromatic carbocycles. The van der Waals surface area contributed by atoms with Crippen LogP contribution >= 0.6 is 0 Å². The Hall–Kier alpha value is -7.08. The van der Waals surface area contributed by atoms with E-state index in [-0.39, 0.29) is 108 Å². The minimum atomic E-state index is -0.357. The number of amides is 5. The molecule has 10 rings (SSSR count). The molecule has 0 saturated carbocycles. The number of fused-ring (bicyclic) bond motifs is 6. The maximum absolute atomic E-state index is 13.7. The van der Waals surface area contributed by atoms with Gasteiger partial charge >= 0.3 is 0 Å². The van der Waals surface area contributed by atoms with Crippen LogP contribution in [0.4, 0.5) is 22.7 Å². The normalized spacial score (nSPS) is 18.0. The molecule has 666 valence electrons. The highest BCUT2D eigenvalue weighted by Gasteiger charge is 2.47. The van der Waals surface area contributed by atoms with Gasteiger partial charge in [0.1, 0.15) is 18.4 Å². The lowest BCUT2D eigenvalue weighted by molar-refractivity contribution is -0.143. The number of likely N-dealkylation sites (tertiary alicyclic amines) is 1. The zero-order valence-corrected chi connectivity index (χ0v) is 84.5. The van der Waals surface area contributed by atoms with Gasteiger partial charge in [-0.2, -0.15) is 0 Å². The van der Waals surface area contributed by atoms with E-state index in [0.29, 0.717) is 12.5 Å². The Bertz CT molecular complexity index is 3560. The van der Waals surface area contributed by atoms with Crippen LogP contribution in [0.1, 0.15) is 374 Å². The number of aryl methyl sites for hydroxylation is 1. The molecular weight excluding hydrogens is 1440 g/mol. The number of para-hydroxylation sites is 5. The van der Waals surface area contributed by atoms with Gasteiger partial charge in [0.2, 0.25) is 23.6 Å². The molecule has 5 atom stereocenters. The van der Waals surface area contributed by atoms with Gasteiger partial charge in [-0.1, -0.05) is 312 Å². The molecule has 5 aromatic rings. The van der Waals surface area contributed by atoms with Gasteiger partial charge in [-0.15, -0.1) is 0 Å². The van der Waals surface area contributed by atoms with Crippen LogP contribution in [0.25, 0.3) is 11.1 Å². The van der Waals surface area contributed by atoms with E-state index in [0.717, 1.165) is 83.1 Å². The second kappa shape index (κ2) is 49.6. The van der Waals surface area contributed by atoms with E-state index in [9.17, 15) is 24.0 Å². The monoisotopic (exact) mass is 1620 g/mol. The van der Waals surface area contributed by atoms with Crippen LogP contribution in [0, 0.1) is 44.8 Å². The van der Waals surface area contributed by atoms with Crippen molar-refractivity contribution < 1.29 is 28.7 Å². The van der Waals surface area contributed by atoms with E-state index in [1.807, 2.05) is 204 Å². The van der Waals surface area contributed by atoms with Crippen molar-refractivity contribution >= 4 is 58.0 Å². The number of carbonyl (C=O) groups is 5. The zero-order chi connectivity index (χ0) is 92.5. The summed E-state index contributed by atoms with van der Waals surface area (Å²) in [5.41, 5.74) is 9.21. The van der Waals surface area contributed by atoms with Gasteiger partial charge in [0.05, 0.1) is 28.9 Å². The summed E-state index contributed by atoms with van der Waals surface area (Å²) in [5.74, 6) is 1.80. The van der Waals surface area contributed by atoms with Crippen LogP contribution < -0.4 is 24.3 Å². The molecule has 5 unspecified atom stereocenters. The number of carbonyl (C=O) groups excluding carboxylic acids is 5. The van der Waals surface area contributed by atoms with E-state index in [1.165, 1.54) is 17.5 Å². The third-order valence-corrected chi connectivity index (χ3v) is 20.0. The topological polar surface area (TPSA) is 123 Å². The molecular formula is C105H180N6O6. The molecule has 5 aliphatic heterocycles. The number of hydrogen-bond acceptors (Lipinski definition) is 7. The van der Waals surface area contributed by atoms with E-state index < -0.39 is 0 Å². The molecule has 5 heterocycles. The number of benzodiazepines with no additional fused rings is 1. The molecule has 0 aliphatic carbocycles. The highest BCUT2D eigenvalue weighted by molar-refractivity contribution is 6.13. The number of benzene rings is 5. The Balaban J connectivity index is -0.00000133. The summed E-state index contributed by atoms with van der Waals surface area (Å²) in [7, 11) is 0. The smallest absolute Gasteiger partial charge is 0.252 e. The summed E-state index contributed by atoms with van der Waals surface area (Å²) in [6.45, 7) is 98.9. The van der Waals surface area contributed by atoms with Gasteiger partial charge < -0.3 is 29.2 Å². The number of ether oxygens (including phenoxy) is 1. The lowest BCUT2D eigenvalue weighted by Crippen LogP contribution is -2.52. The maximum atomic E-state index is 13.7. The van der Waals surface area contributed by atoms with Crippen molar-refractivity contribution in [1.29, 1.82) is 0 Å². The van der Waals surface area contributed by atoms with Gasteiger partial charge in [-0.3, -0.25) is 29.0 Å². The predicted octanol–water partition coefficient (Wildman–Crippen LogP) is 29.7. The number of nitrogens with zero attached hydrogens (tertiary/aromatic N) is 6. The zero-order valence-electron chi connectivity index (χ0n) is 84.5. The SMILES string of the molecule is CC.CC.CC.CC.CC.CC.CC.CC.CC(C)(C)C1C(=O)N(C(C)(C)C)c2ccccc2-c2ccccc21.CC(C)(C)C1CCCCN(C(C)(C)C)C1=O.CC(C)(C)C1CCc2ccccc2N(C(C)(C)C)C1=O.CC(C)(C)C1COc2ccccc2N(C(C)(C)C)C1=O.CC1=NC(C(C)(C)C)C(=O)N(C(C)(C)C)c2ccccc21. The van der Waals surface area contributed by atoms with Crippen LogP contribution in [0.2, 0.25) is 0 Å². The van der Waals surface area contributed by atoms with Crippen LogP contribution in [0.3, 0.4) is 0 Å². The molecule has 0 N–H and O–H groups in total. The molecule has 1 fully saturated rings. The van der Waals surface area contributed by atoms with Crippen molar-refractivity contribution in [2.24, 2.45) is 49.8 Å². The molecule has 0 aromatic heterocycles. The summed E-state index contributed by atoms with van der Waals surface area (Å²) in [5, 5.41) is 0. The van der Waals surface area contributed by atoms with Crippen molar-refractivity contribution in [3.05, 3.63) is 138 Å². The van der Waals surface area contributed by atoms with Crippen molar-refractivity contribution in [2.75, 3.05) is 32.8 Å². The highest BCUT2D eigenvalue weighted by Crippen LogP contribution is 2.50. The highest BCUT2D eigenvalue weighted by atomic mass is 16.5. The molecule has 1 saturated heterocycles. The van der Waals surface area contributed by atoms with Crippen molar-refractivity contribution in [3.8, 4) is 16.9 Å². The lowest BCUT2D eigenvalue weighted by Gasteiger charge is -2.40. The summed E-state index contributed by atoms with van der Waals surface area (Å²) in [6, 6.07) is 40.5. The number of rotatable bonds is 0. The molecule has 12 nitrogen and oxygen atoms in total. The van der Waals surface area contributed by atoms with Gasteiger partial charge in [0.15, 0.2) is 0 Å². The fraction of sp³-hybridized carbons (Fsp3) is 0.657. The summed E-state index contributed by atoms with van der Waals surface area (Å²) in [4.78, 5) is 80.3. The van der Waals surface area contributed by atoms with Gasteiger partial charge in [0, 0.05) is 68.6 Å². The van der Waals surface area contributed by atoms with Gasteiger partial charge in [-0.05, 0) is 211 Å². The summed E-state index contributed by atoms with van der Waals surface area (Å²) in [6.07, 6.45) is 5.30. The van der Waals surface area contributed by atoms with Crippen molar-refractivity contribution in [2.45, 2.75) is 397 Å². The van der Waals surface area contributed by atoms with E-state index >= 15 is 0 Å². The van der Waals surface area contributed by atoms with Crippen molar-refractivity contribution in [3.63, 3.8) is 0 Å².